The summed E-state index contributed by atoms with van der Waals surface area (Å²) in [6.07, 6.45) is 0. The standard InChI is InChI=1S/C17H17ClN2O2S/c1-2-22-14-9-7-12(8-10-14)16(21)20-17(23)19-11-13-5-3-4-6-15(13)18/h3-10H,2,11H2,1H3,(H2,19,20,21,23). The van der Waals surface area contributed by atoms with Crippen LogP contribution in [0, 0.1) is 0 Å². The molecule has 2 aromatic carbocycles. The van der Waals surface area contributed by atoms with Gasteiger partial charge in [0.05, 0.1) is 6.61 Å². The minimum atomic E-state index is -0.273. The van der Waals surface area contributed by atoms with Crippen LogP contribution in [0.25, 0.3) is 0 Å². The van der Waals surface area contributed by atoms with Crippen molar-refractivity contribution in [3.63, 3.8) is 0 Å². The predicted octanol–water partition coefficient (Wildman–Crippen LogP) is 3.54. The van der Waals surface area contributed by atoms with Crippen molar-refractivity contribution in [3.8, 4) is 5.75 Å². The summed E-state index contributed by atoms with van der Waals surface area (Å²) in [6, 6.07) is 14.3. The lowest BCUT2D eigenvalue weighted by Gasteiger charge is -2.11. The molecule has 0 saturated heterocycles. The van der Waals surface area contributed by atoms with Crippen LogP contribution in [0.1, 0.15) is 22.8 Å². The Morgan fingerprint density at radius 1 is 1.17 bits per heavy atom. The summed E-state index contributed by atoms with van der Waals surface area (Å²) in [5, 5.41) is 6.50. The molecule has 0 heterocycles. The fourth-order valence-corrected chi connectivity index (χ4v) is 2.27. The summed E-state index contributed by atoms with van der Waals surface area (Å²) in [5.74, 6) is 0.452. The fraction of sp³-hybridized carbons (Fsp3) is 0.176. The molecular formula is C17H17ClN2O2S. The molecule has 0 aliphatic carbocycles. The molecule has 0 aliphatic rings. The number of hydrogen-bond donors (Lipinski definition) is 2. The molecule has 0 aliphatic heterocycles. The van der Waals surface area contributed by atoms with Crippen LogP contribution in [-0.4, -0.2) is 17.6 Å². The van der Waals surface area contributed by atoms with Crippen molar-refractivity contribution in [1.29, 1.82) is 0 Å². The Hall–Kier alpha value is -2.11. The average Bonchev–Trinajstić information content (AvgIpc) is 2.55. The van der Waals surface area contributed by atoms with Crippen LogP contribution >= 0.6 is 23.8 Å². The first-order valence-electron chi connectivity index (χ1n) is 7.15. The zero-order valence-electron chi connectivity index (χ0n) is 12.6. The highest BCUT2D eigenvalue weighted by molar-refractivity contribution is 7.80. The summed E-state index contributed by atoms with van der Waals surface area (Å²) in [4.78, 5) is 12.1. The van der Waals surface area contributed by atoms with Gasteiger partial charge in [0, 0.05) is 17.1 Å². The van der Waals surface area contributed by atoms with E-state index in [2.05, 4.69) is 10.6 Å². The maximum atomic E-state index is 12.1. The molecule has 120 valence electrons. The summed E-state index contributed by atoms with van der Waals surface area (Å²) in [7, 11) is 0. The van der Waals surface area contributed by atoms with E-state index < -0.39 is 0 Å². The molecule has 23 heavy (non-hydrogen) atoms. The third kappa shape index (κ3) is 5.23. The minimum absolute atomic E-state index is 0.254. The van der Waals surface area contributed by atoms with Crippen molar-refractivity contribution in [3.05, 3.63) is 64.7 Å². The lowest BCUT2D eigenvalue weighted by molar-refractivity contribution is 0.0976. The van der Waals surface area contributed by atoms with E-state index in [-0.39, 0.29) is 11.0 Å². The van der Waals surface area contributed by atoms with Crippen molar-refractivity contribution in [2.45, 2.75) is 13.5 Å². The maximum Gasteiger partial charge on any atom is 0.257 e. The first-order valence-corrected chi connectivity index (χ1v) is 7.94. The molecule has 6 heteroatoms. The van der Waals surface area contributed by atoms with Crippen LogP contribution in [0.3, 0.4) is 0 Å². The van der Waals surface area contributed by atoms with E-state index in [0.29, 0.717) is 23.7 Å². The van der Waals surface area contributed by atoms with Gasteiger partial charge in [0.25, 0.3) is 5.91 Å². The fourth-order valence-electron chi connectivity index (χ4n) is 1.91. The SMILES string of the molecule is CCOc1ccc(C(=O)NC(=S)NCc2ccccc2Cl)cc1. The van der Waals surface area contributed by atoms with Gasteiger partial charge in [0.1, 0.15) is 5.75 Å². The number of hydrogen-bond acceptors (Lipinski definition) is 3. The van der Waals surface area contributed by atoms with E-state index in [0.717, 1.165) is 11.3 Å². The monoisotopic (exact) mass is 348 g/mol. The van der Waals surface area contributed by atoms with Crippen molar-refractivity contribution in [1.82, 2.24) is 10.6 Å². The summed E-state index contributed by atoms with van der Waals surface area (Å²) >= 11 is 11.2. The van der Waals surface area contributed by atoms with Crippen LogP contribution < -0.4 is 15.4 Å². The third-order valence-corrected chi connectivity index (χ3v) is 3.67. The predicted molar refractivity (Wildman–Crippen MR) is 96.0 cm³/mol. The molecular weight excluding hydrogens is 332 g/mol. The lowest BCUT2D eigenvalue weighted by atomic mass is 10.2. The zero-order chi connectivity index (χ0) is 16.7. The number of carbonyl (C=O) groups excluding carboxylic acids is 1. The van der Waals surface area contributed by atoms with Gasteiger partial charge < -0.3 is 10.1 Å². The molecule has 0 aromatic heterocycles. The quantitative estimate of drug-likeness (QED) is 0.811. The van der Waals surface area contributed by atoms with E-state index in [1.165, 1.54) is 0 Å². The van der Waals surface area contributed by atoms with Gasteiger partial charge in [0.2, 0.25) is 0 Å². The molecule has 2 rings (SSSR count). The van der Waals surface area contributed by atoms with Crippen LogP contribution in [0.4, 0.5) is 0 Å². The van der Waals surface area contributed by atoms with Gasteiger partial charge in [-0.15, -0.1) is 0 Å². The highest BCUT2D eigenvalue weighted by atomic mass is 35.5. The van der Waals surface area contributed by atoms with Crippen molar-refractivity contribution >= 4 is 34.8 Å². The minimum Gasteiger partial charge on any atom is -0.494 e. The molecule has 2 N–H and O–H groups in total. The van der Waals surface area contributed by atoms with Crippen LogP contribution in [0.15, 0.2) is 48.5 Å². The first-order chi connectivity index (χ1) is 11.1. The Morgan fingerprint density at radius 3 is 2.52 bits per heavy atom. The molecule has 0 spiro atoms. The van der Waals surface area contributed by atoms with Crippen LogP contribution in [0.5, 0.6) is 5.75 Å². The van der Waals surface area contributed by atoms with E-state index in [1.54, 1.807) is 30.3 Å². The van der Waals surface area contributed by atoms with E-state index in [9.17, 15) is 4.79 Å². The van der Waals surface area contributed by atoms with Crippen molar-refractivity contribution in [2.75, 3.05) is 6.61 Å². The molecule has 0 unspecified atom stereocenters. The summed E-state index contributed by atoms with van der Waals surface area (Å²) < 4.78 is 5.34. The summed E-state index contributed by atoms with van der Waals surface area (Å²) in [6.45, 7) is 2.94. The highest BCUT2D eigenvalue weighted by Crippen LogP contribution is 2.14. The number of carbonyl (C=O) groups is 1. The Labute approximate surface area is 145 Å². The molecule has 2 aromatic rings. The van der Waals surface area contributed by atoms with Gasteiger partial charge in [-0.2, -0.15) is 0 Å². The van der Waals surface area contributed by atoms with Gasteiger partial charge in [-0.1, -0.05) is 29.8 Å². The Kier molecular flexibility index (Phi) is 6.38. The molecule has 4 nitrogen and oxygen atoms in total. The molecule has 1 amide bonds. The second-order valence-corrected chi connectivity index (χ2v) is 5.50. The van der Waals surface area contributed by atoms with Gasteiger partial charge in [-0.3, -0.25) is 10.1 Å². The number of nitrogens with one attached hydrogen (secondary N) is 2. The Bertz CT molecular complexity index is 689. The number of thiocarbonyl (C=S) groups is 1. The van der Waals surface area contributed by atoms with E-state index in [1.807, 2.05) is 25.1 Å². The highest BCUT2D eigenvalue weighted by Gasteiger charge is 2.08. The maximum absolute atomic E-state index is 12.1. The van der Waals surface area contributed by atoms with Gasteiger partial charge in [0.15, 0.2) is 5.11 Å². The normalized spacial score (nSPS) is 10.0. The second kappa shape index (κ2) is 8.50. The van der Waals surface area contributed by atoms with Crippen LogP contribution in [0.2, 0.25) is 5.02 Å². The zero-order valence-corrected chi connectivity index (χ0v) is 14.2. The van der Waals surface area contributed by atoms with Crippen LogP contribution in [-0.2, 0) is 6.54 Å². The van der Waals surface area contributed by atoms with Gasteiger partial charge >= 0.3 is 0 Å². The number of amides is 1. The Morgan fingerprint density at radius 2 is 1.87 bits per heavy atom. The number of rotatable bonds is 5. The number of ether oxygens (including phenoxy) is 1. The molecule has 0 saturated carbocycles. The van der Waals surface area contributed by atoms with Crippen molar-refractivity contribution < 1.29 is 9.53 Å². The van der Waals surface area contributed by atoms with Gasteiger partial charge in [-0.05, 0) is 55.0 Å². The summed E-state index contributed by atoms with van der Waals surface area (Å²) in [5.41, 5.74) is 1.42. The molecule has 0 fully saturated rings. The molecule has 0 radical (unpaired) electrons. The van der Waals surface area contributed by atoms with Crippen molar-refractivity contribution in [2.24, 2.45) is 0 Å². The molecule has 0 bridgehead atoms. The first kappa shape index (κ1) is 17.2. The largest absolute Gasteiger partial charge is 0.494 e. The van der Waals surface area contributed by atoms with E-state index in [4.69, 9.17) is 28.6 Å². The average molecular weight is 349 g/mol. The Balaban J connectivity index is 1.87. The third-order valence-electron chi connectivity index (χ3n) is 3.05. The molecule has 0 atom stereocenters. The lowest BCUT2D eigenvalue weighted by Crippen LogP contribution is -2.38. The number of halogens is 1. The topological polar surface area (TPSA) is 50.4 Å². The van der Waals surface area contributed by atoms with E-state index >= 15 is 0 Å². The second-order valence-electron chi connectivity index (χ2n) is 4.69. The smallest absolute Gasteiger partial charge is 0.257 e. The van der Waals surface area contributed by atoms with Gasteiger partial charge in [-0.25, -0.2) is 0 Å². The number of benzene rings is 2.